The van der Waals surface area contributed by atoms with Crippen molar-refractivity contribution in [3.8, 4) is 0 Å². The normalized spacial score (nSPS) is 20.9. The van der Waals surface area contributed by atoms with Gasteiger partial charge in [0.05, 0.1) is 6.04 Å². The number of hydrogen-bond acceptors (Lipinski definition) is 2. The third-order valence-electron chi connectivity index (χ3n) is 4.62. The van der Waals surface area contributed by atoms with Crippen LogP contribution < -0.4 is 10.6 Å². The van der Waals surface area contributed by atoms with Gasteiger partial charge >= 0.3 is 0 Å². The Labute approximate surface area is 132 Å². The molecule has 1 aromatic rings. The first kappa shape index (κ1) is 16.3. The Morgan fingerprint density at radius 3 is 2.62 bits per heavy atom. The smallest absolute Gasteiger partial charge is 0.226 e. The summed E-state index contributed by atoms with van der Waals surface area (Å²) in [5.74, 6) is 0.516. The summed E-state index contributed by atoms with van der Waals surface area (Å²) < 4.78 is 0. The molecule has 116 valence electrons. The highest BCUT2D eigenvalue weighted by molar-refractivity contribution is 6.30. The summed E-state index contributed by atoms with van der Waals surface area (Å²) in [4.78, 5) is 12.6. The molecule has 1 amide bonds. The molecule has 0 radical (unpaired) electrons. The molecule has 1 aromatic carbocycles. The number of hydrogen-bond donors (Lipinski definition) is 2. The van der Waals surface area contributed by atoms with Crippen molar-refractivity contribution in [2.75, 3.05) is 13.1 Å². The Kier molecular flexibility index (Phi) is 5.28. The van der Waals surface area contributed by atoms with Gasteiger partial charge in [-0.15, -0.1) is 0 Å². The van der Waals surface area contributed by atoms with Crippen LogP contribution >= 0.6 is 11.6 Å². The van der Waals surface area contributed by atoms with Gasteiger partial charge in [0.1, 0.15) is 0 Å². The average molecular weight is 309 g/mol. The van der Waals surface area contributed by atoms with Gasteiger partial charge in [0.15, 0.2) is 0 Å². The SMILES string of the molecule is C[C@H](NC(=O)C(C)(C)C1CCCNC1)c1ccc(Cl)cc1. The first-order valence-electron chi connectivity index (χ1n) is 7.68. The molecule has 1 fully saturated rings. The van der Waals surface area contributed by atoms with Crippen LogP contribution in [0.5, 0.6) is 0 Å². The minimum absolute atomic E-state index is 0.00871. The van der Waals surface area contributed by atoms with Crippen molar-refractivity contribution in [2.24, 2.45) is 11.3 Å². The first-order chi connectivity index (χ1) is 9.91. The number of benzene rings is 1. The Balaban J connectivity index is 2.00. The summed E-state index contributed by atoms with van der Waals surface area (Å²) in [5.41, 5.74) is 0.721. The Hall–Kier alpha value is -1.06. The number of nitrogens with one attached hydrogen (secondary N) is 2. The van der Waals surface area contributed by atoms with Crippen molar-refractivity contribution in [3.63, 3.8) is 0 Å². The van der Waals surface area contributed by atoms with Crippen LogP contribution in [0.4, 0.5) is 0 Å². The van der Waals surface area contributed by atoms with Crippen LogP contribution in [0.3, 0.4) is 0 Å². The molecule has 4 heteroatoms. The van der Waals surface area contributed by atoms with E-state index in [9.17, 15) is 4.79 Å². The van der Waals surface area contributed by atoms with E-state index in [1.54, 1.807) is 0 Å². The Morgan fingerprint density at radius 2 is 2.05 bits per heavy atom. The fourth-order valence-electron chi connectivity index (χ4n) is 2.87. The van der Waals surface area contributed by atoms with Crippen LogP contribution in [0.25, 0.3) is 0 Å². The highest BCUT2D eigenvalue weighted by Crippen LogP contribution is 2.32. The quantitative estimate of drug-likeness (QED) is 0.893. The maximum Gasteiger partial charge on any atom is 0.226 e. The van der Waals surface area contributed by atoms with E-state index >= 15 is 0 Å². The third kappa shape index (κ3) is 3.98. The van der Waals surface area contributed by atoms with Crippen LogP contribution in [0, 0.1) is 11.3 Å². The molecule has 0 aromatic heterocycles. The van der Waals surface area contributed by atoms with Gasteiger partial charge in [0.25, 0.3) is 0 Å². The lowest BCUT2D eigenvalue weighted by atomic mass is 9.74. The molecule has 0 saturated carbocycles. The maximum atomic E-state index is 12.6. The van der Waals surface area contributed by atoms with Crippen molar-refractivity contribution < 1.29 is 4.79 Å². The lowest BCUT2D eigenvalue weighted by molar-refractivity contribution is -0.133. The molecule has 2 N–H and O–H groups in total. The van der Waals surface area contributed by atoms with Gasteiger partial charge in [0.2, 0.25) is 5.91 Å². The molecule has 0 spiro atoms. The van der Waals surface area contributed by atoms with Crippen LogP contribution in [0.2, 0.25) is 5.02 Å². The van der Waals surface area contributed by atoms with Crippen LogP contribution in [-0.4, -0.2) is 19.0 Å². The lowest BCUT2D eigenvalue weighted by Gasteiger charge is -2.36. The van der Waals surface area contributed by atoms with Crippen molar-refractivity contribution in [2.45, 2.75) is 39.7 Å². The molecule has 0 bridgehead atoms. The number of rotatable bonds is 4. The number of piperidine rings is 1. The van der Waals surface area contributed by atoms with Gasteiger partial charge in [-0.05, 0) is 56.5 Å². The minimum Gasteiger partial charge on any atom is -0.349 e. The molecule has 1 aliphatic heterocycles. The highest BCUT2D eigenvalue weighted by atomic mass is 35.5. The number of halogens is 1. The summed E-state index contributed by atoms with van der Waals surface area (Å²) in [5, 5.41) is 7.25. The van der Waals surface area contributed by atoms with E-state index in [0.29, 0.717) is 10.9 Å². The van der Waals surface area contributed by atoms with E-state index < -0.39 is 0 Å². The van der Waals surface area contributed by atoms with E-state index in [1.807, 2.05) is 31.2 Å². The van der Waals surface area contributed by atoms with Crippen LogP contribution in [0.15, 0.2) is 24.3 Å². The number of amides is 1. The van der Waals surface area contributed by atoms with Gasteiger partial charge in [-0.25, -0.2) is 0 Å². The zero-order valence-electron chi connectivity index (χ0n) is 13.1. The zero-order chi connectivity index (χ0) is 15.5. The van der Waals surface area contributed by atoms with Crippen molar-refractivity contribution >= 4 is 17.5 Å². The fourth-order valence-corrected chi connectivity index (χ4v) is 3.00. The van der Waals surface area contributed by atoms with Gasteiger partial charge in [-0.2, -0.15) is 0 Å². The molecule has 2 atom stereocenters. The second-order valence-corrected chi connectivity index (χ2v) is 6.95. The molecule has 1 saturated heterocycles. The Morgan fingerprint density at radius 1 is 1.38 bits per heavy atom. The van der Waals surface area contributed by atoms with Gasteiger partial charge in [-0.3, -0.25) is 4.79 Å². The average Bonchev–Trinajstić information content (AvgIpc) is 2.48. The third-order valence-corrected chi connectivity index (χ3v) is 4.87. The van der Waals surface area contributed by atoms with E-state index in [4.69, 9.17) is 11.6 Å². The lowest BCUT2D eigenvalue weighted by Crippen LogP contribution is -2.47. The van der Waals surface area contributed by atoms with Gasteiger partial charge < -0.3 is 10.6 Å². The highest BCUT2D eigenvalue weighted by Gasteiger charge is 2.37. The molecule has 3 nitrogen and oxygen atoms in total. The van der Waals surface area contributed by atoms with E-state index in [1.165, 1.54) is 0 Å². The molecule has 21 heavy (non-hydrogen) atoms. The Bertz CT molecular complexity index is 478. The standard InChI is InChI=1S/C17H25ClN2O/c1-12(13-6-8-15(18)9-7-13)20-16(21)17(2,3)14-5-4-10-19-11-14/h6-9,12,14,19H,4-5,10-11H2,1-3H3,(H,20,21)/t12-,14?/m0/s1. The predicted octanol–water partition coefficient (Wildman–Crippen LogP) is 3.54. The topological polar surface area (TPSA) is 41.1 Å². The largest absolute Gasteiger partial charge is 0.349 e. The maximum absolute atomic E-state index is 12.6. The number of carbonyl (C=O) groups excluding carboxylic acids is 1. The summed E-state index contributed by atoms with van der Waals surface area (Å²) in [6, 6.07) is 7.63. The summed E-state index contributed by atoms with van der Waals surface area (Å²) in [6.07, 6.45) is 2.26. The van der Waals surface area contributed by atoms with Gasteiger partial charge in [0, 0.05) is 10.4 Å². The summed E-state index contributed by atoms with van der Waals surface area (Å²) in [7, 11) is 0. The first-order valence-corrected chi connectivity index (χ1v) is 8.06. The molecular weight excluding hydrogens is 284 g/mol. The van der Waals surface area contributed by atoms with Crippen LogP contribution in [-0.2, 0) is 4.79 Å². The predicted molar refractivity (Wildman–Crippen MR) is 87.4 cm³/mol. The molecule has 1 unspecified atom stereocenters. The summed E-state index contributed by atoms with van der Waals surface area (Å²) in [6.45, 7) is 8.10. The molecule has 2 rings (SSSR count). The van der Waals surface area contributed by atoms with Crippen LogP contribution in [0.1, 0.15) is 45.2 Å². The zero-order valence-corrected chi connectivity index (χ0v) is 13.8. The number of carbonyl (C=O) groups is 1. The second kappa shape index (κ2) is 6.80. The minimum atomic E-state index is -0.353. The van der Waals surface area contributed by atoms with E-state index in [0.717, 1.165) is 31.5 Å². The molecule has 1 heterocycles. The monoisotopic (exact) mass is 308 g/mol. The molecule has 1 aliphatic rings. The summed E-state index contributed by atoms with van der Waals surface area (Å²) >= 11 is 5.90. The molecule has 0 aliphatic carbocycles. The van der Waals surface area contributed by atoms with Crippen molar-refractivity contribution in [1.29, 1.82) is 0 Å². The van der Waals surface area contributed by atoms with Gasteiger partial charge in [-0.1, -0.05) is 37.6 Å². The fraction of sp³-hybridized carbons (Fsp3) is 0.588. The van der Waals surface area contributed by atoms with E-state index in [-0.39, 0.29) is 17.4 Å². The second-order valence-electron chi connectivity index (χ2n) is 6.51. The van der Waals surface area contributed by atoms with Crippen molar-refractivity contribution in [1.82, 2.24) is 10.6 Å². The van der Waals surface area contributed by atoms with E-state index in [2.05, 4.69) is 24.5 Å². The van der Waals surface area contributed by atoms with Crippen molar-refractivity contribution in [3.05, 3.63) is 34.9 Å². The molecular formula is C17H25ClN2O.